The van der Waals surface area contributed by atoms with E-state index in [1.807, 2.05) is 0 Å². The van der Waals surface area contributed by atoms with E-state index >= 15 is 0 Å². The van der Waals surface area contributed by atoms with E-state index in [4.69, 9.17) is 5.73 Å². The van der Waals surface area contributed by atoms with Gasteiger partial charge in [0.15, 0.2) is 9.84 Å². The van der Waals surface area contributed by atoms with Gasteiger partial charge in [-0.25, -0.2) is 8.42 Å². The number of amides is 2. The highest BCUT2D eigenvalue weighted by atomic mass is 32.2. The van der Waals surface area contributed by atoms with Gasteiger partial charge in [0.2, 0.25) is 5.91 Å². The Hall–Kier alpha value is -1.41. The maximum atomic E-state index is 12.2. The van der Waals surface area contributed by atoms with Crippen LogP contribution in [0.5, 0.6) is 0 Å². The minimum absolute atomic E-state index is 0.144. The second kappa shape index (κ2) is 4.93. The van der Waals surface area contributed by atoms with Gasteiger partial charge in [0, 0.05) is 12.8 Å². The lowest BCUT2D eigenvalue weighted by atomic mass is 10.2. The lowest BCUT2D eigenvalue weighted by Crippen LogP contribution is -2.43. The Morgan fingerprint density at radius 1 is 1.42 bits per heavy atom. The van der Waals surface area contributed by atoms with Gasteiger partial charge >= 0.3 is 0 Å². The number of thiophene rings is 1. The number of likely N-dealkylation sites (tertiary alicyclic amines) is 1. The lowest BCUT2D eigenvalue weighted by Gasteiger charge is -2.21. The van der Waals surface area contributed by atoms with Crippen LogP contribution in [0.4, 0.5) is 0 Å². The smallest absolute Gasteiger partial charge is 0.264 e. The molecule has 0 aliphatic carbocycles. The van der Waals surface area contributed by atoms with E-state index in [1.165, 1.54) is 17.0 Å². The molecule has 0 bridgehead atoms. The summed E-state index contributed by atoms with van der Waals surface area (Å²) in [6, 6.07) is 2.29. The number of hydrogen-bond acceptors (Lipinski definition) is 5. The first-order valence-corrected chi connectivity index (χ1v) is 8.41. The molecule has 2 rings (SSSR count). The highest BCUT2D eigenvalue weighted by Crippen LogP contribution is 2.26. The second-order valence-electron chi connectivity index (χ2n) is 4.45. The molecule has 0 aromatic carbocycles. The molecule has 1 aromatic heterocycles. The van der Waals surface area contributed by atoms with Crippen molar-refractivity contribution in [1.82, 2.24) is 4.90 Å². The van der Waals surface area contributed by atoms with Crippen LogP contribution < -0.4 is 5.73 Å². The highest BCUT2D eigenvalue weighted by molar-refractivity contribution is 7.92. The number of carbonyl (C=O) groups excluding carboxylic acids is 2. The van der Waals surface area contributed by atoms with Crippen molar-refractivity contribution < 1.29 is 18.0 Å². The molecule has 1 aliphatic heterocycles. The minimum atomic E-state index is -3.31. The first-order chi connectivity index (χ1) is 8.80. The zero-order valence-corrected chi connectivity index (χ0v) is 12.0. The van der Waals surface area contributed by atoms with Crippen molar-refractivity contribution >= 4 is 33.0 Å². The van der Waals surface area contributed by atoms with Crippen LogP contribution in [0.3, 0.4) is 0 Å². The zero-order chi connectivity index (χ0) is 14.2. The molecule has 6 nitrogen and oxygen atoms in total. The number of rotatable bonds is 3. The molecule has 1 fully saturated rings. The van der Waals surface area contributed by atoms with Gasteiger partial charge in [-0.2, -0.15) is 0 Å². The summed E-state index contributed by atoms with van der Waals surface area (Å²) < 4.78 is 22.9. The van der Waals surface area contributed by atoms with E-state index in [0.29, 0.717) is 17.8 Å². The Balaban J connectivity index is 2.25. The van der Waals surface area contributed by atoms with Gasteiger partial charge in [-0.15, -0.1) is 11.3 Å². The summed E-state index contributed by atoms with van der Waals surface area (Å²) in [5.74, 6) is -0.855. The third-order valence-corrected chi connectivity index (χ3v) is 5.89. The Morgan fingerprint density at radius 2 is 2.11 bits per heavy atom. The number of hydrogen-bond donors (Lipinski definition) is 1. The fourth-order valence-corrected chi connectivity index (χ4v) is 3.97. The van der Waals surface area contributed by atoms with Crippen LogP contribution in [0.25, 0.3) is 0 Å². The van der Waals surface area contributed by atoms with Crippen LogP contribution in [0.2, 0.25) is 0 Å². The van der Waals surface area contributed by atoms with Gasteiger partial charge < -0.3 is 10.6 Å². The van der Waals surface area contributed by atoms with E-state index in [9.17, 15) is 18.0 Å². The van der Waals surface area contributed by atoms with Crippen LogP contribution in [-0.4, -0.2) is 44.0 Å². The number of carbonyl (C=O) groups is 2. The predicted molar refractivity (Wildman–Crippen MR) is 70.7 cm³/mol. The van der Waals surface area contributed by atoms with E-state index in [0.717, 1.165) is 24.0 Å². The average Bonchev–Trinajstić information content (AvgIpc) is 2.96. The van der Waals surface area contributed by atoms with Crippen molar-refractivity contribution in [3.05, 3.63) is 17.0 Å². The van der Waals surface area contributed by atoms with Crippen molar-refractivity contribution in [3.8, 4) is 0 Å². The maximum Gasteiger partial charge on any atom is 0.264 e. The molecule has 2 amide bonds. The van der Waals surface area contributed by atoms with Crippen LogP contribution >= 0.6 is 11.3 Å². The summed E-state index contributed by atoms with van der Waals surface area (Å²) in [4.78, 5) is 25.2. The van der Waals surface area contributed by atoms with Gasteiger partial charge in [0.05, 0.1) is 4.88 Å². The van der Waals surface area contributed by atoms with Crippen LogP contribution in [0.15, 0.2) is 16.3 Å². The molecule has 1 aliphatic rings. The number of primary amides is 1. The third kappa shape index (κ3) is 2.79. The van der Waals surface area contributed by atoms with Crippen LogP contribution in [-0.2, 0) is 14.6 Å². The monoisotopic (exact) mass is 302 g/mol. The lowest BCUT2D eigenvalue weighted by molar-refractivity contribution is -0.121. The molecule has 2 N–H and O–H groups in total. The summed E-state index contributed by atoms with van der Waals surface area (Å²) >= 11 is 0.917. The molecular formula is C11H14N2O4S2. The number of nitrogens with two attached hydrogens (primary N) is 1. The van der Waals surface area contributed by atoms with Crippen LogP contribution in [0.1, 0.15) is 22.5 Å². The molecule has 2 heterocycles. The molecule has 1 atom stereocenters. The van der Waals surface area contributed by atoms with E-state index in [2.05, 4.69) is 0 Å². The summed E-state index contributed by atoms with van der Waals surface area (Å²) in [5, 5.41) is 0. The van der Waals surface area contributed by atoms with Crippen LogP contribution in [0, 0.1) is 0 Å². The fraction of sp³-hybridized carbons (Fsp3) is 0.455. The van der Waals surface area contributed by atoms with E-state index in [1.54, 1.807) is 0 Å². The Bertz CT molecular complexity index is 620. The molecule has 104 valence electrons. The molecule has 19 heavy (non-hydrogen) atoms. The molecule has 0 saturated carbocycles. The minimum Gasteiger partial charge on any atom is -0.368 e. The maximum absolute atomic E-state index is 12.2. The molecule has 1 saturated heterocycles. The first-order valence-electron chi connectivity index (χ1n) is 5.71. The molecule has 0 spiro atoms. The Kier molecular flexibility index (Phi) is 3.64. The van der Waals surface area contributed by atoms with Crippen molar-refractivity contribution in [2.45, 2.75) is 23.1 Å². The normalized spacial score (nSPS) is 19.6. The van der Waals surface area contributed by atoms with E-state index < -0.39 is 21.8 Å². The SMILES string of the molecule is CS(=O)(=O)c1ccc(C(=O)N2CCC[C@@H]2C(N)=O)s1. The van der Waals surface area contributed by atoms with Gasteiger partial charge in [-0.05, 0) is 25.0 Å². The Morgan fingerprint density at radius 3 is 2.63 bits per heavy atom. The first kappa shape index (κ1) is 14.0. The molecule has 1 aromatic rings. The highest BCUT2D eigenvalue weighted by Gasteiger charge is 2.33. The summed E-state index contributed by atoms with van der Waals surface area (Å²) in [5.41, 5.74) is 5.25. The standard InChI is InChI=1S/C11H14N2O4S2/c1-19(16,17)9-5-4-8(18-9)11(15)13-6-2-3-7(13)10(12)14/h4-5,7H,2-3,6H2,1H3,(H2,12,14)/t7-/m1/s1. The zero-order valence-electron chi connectivity index (χ0n) is 10.3. The van der Waals surface area contributed by atoms with Crippen molar-refractivity contribution in [1.29, 1.82) is 0 Å². The van der Waals surface area contributed by atoms with Crippen molar-refractivity contribution in [2.75, 3.05) is 12.8 Å². The third-order valence-electron chi connectivity index (χ3n) is 3.00. The fourth-order valence-electron chi connectivity index (χ4n) is 2.08. The quantitative estimate of drug-likeness (QED) is 0.865. The van der Waals surface area contributed by atoms with E-state index in [-0.39, 0.29) is 10.1 Å². The topological polar surface area (TPSA) is 97.5 Å². The molecule has 0 unspecified atom stereocenters. The second-order valence-corrected chi connectivity index (χ2v) is 7.78. The molecule has 0 radical (unpaired) electrons. The summed E-state index contributed by atoms with van der Waals surface area (Å²) in [6.45, 7) is 0.471. The van der Waals surface area contributed by atoms with Gasteiger partial charge in [0.1, 0.15) is 10.3 Å². The Labute approximate surface area is 115 Å². The summed E-state index contributed by atoms with van der Waals surface area (Å²) in [7, 11) is -3.31. The average molecular weight is 302 g/mol. The summed E-state index contributed by atoms with van der Waals surface area (Å²) in [6.07, 6.45) is 2.38. The predicted octanol–water partition coefficient (Wildman–Crippen LogP) is 0.242. The molecular weight excluding hydrogens is 288 g/mol. The van der Waals surface area contributed by atoms with Crippen molar-refractivity contribution in [2.24, 2.45) is 5.73 Å². The number of sulfone groups is 1. The van der Waals surface area contributed by atoms with Crippen molar-refractivity contribution in [3.63, 3.8) is 0 Å². The van der Waals surface area contributed by atoms with Gasteiger partial charge in [-0.3, -0.25) is 9.59 Å². The van der Waals surface area contributed by atoms with Gasteiger partial charge in [-0.1, -0.05) is 0 Å². The molecule has 8 heteroatoms. The largest absolute Gasteiger partial charge is 0.368 e. The number of nitrogens with zero attached hydrogens (tertiary/aromatic N) is 1. The van der Waals surface area contributed by atoms with Gasteiger partial charge in [0.25, 0.3) is 5.91 Å².